The molecule has 5 heteroatoms. The van der Waals surface area contributed by atoms with Gasteiger partial charge in [-0.05, 0) is 56.1 Å². The topological polar surface area (TPSA) is 52.6 Å². The Hall–Kier alpha value is -0.710. The molecule has 1 fully saturated rings. The SMILES string of the molecule is CCSC1CC(C(=O)OCCCCCCCCCCCCOC(C)=O)CCC1CCCC(C)C. The van der Waals surface area contributed by atoms with Crippen molar-refractivity contribution < 1.29 is 19.1 Å². The zero-order valence-electron chi connectivity index (χ0n) is 22.8. The molecule has 3 unspecified atom stereocenters. The van der Waals surface area contributed by atoms with Gasteiger partial charge < -0.3 is 9.47 Å². The van der Waals surface area contributed by atoms with E-state index in [1.54, 1.807) is 0 Å². The van der Waals surface area contributed by atoms with Crippen molar-refractivity contribution in [2.75, 3.05) is 19.0 Å². The summed E-state index contributed by atoms with van der Waals surface area (Å²) in [4.78, 5) is 23.3. The molecule has 4 nitrogen and oxygen atoms in total. The number of carbonyl (C=O) groups excluding carboxylic acids is 2. The van der Waals surface area contributed by atoms with Gasteiger partial charge in [-0.2, -0.15) is 11.8 Å². The molecule has 0 heterocycles. The Bertz CT molecular complexity index is 522. The Morgan fingerprint density at radius 1 is 0.824 bits per heavy atom. The monoisotopic (exact) mass is 498 g/mol. The van der Waals surface area contributed by atoms with Gasteiger partial charge in [-0.25, -0.2) is 0 Å². The predicted molar refractivity (Wildman–Crippen MR) is 145 cm³/mol. The fraction of sp³-hybridized carbons (Fsp3) is 0.931. The number of ether oxygens (including phenoxy) is 2. The van der Waals surface area contributed by atoms with E-state index >= 15 is 0 Å². The highest BCUT2D eigenvalue weighted by Gasteiger charge is 2.34. The molecule has 1 aliphatic carbocycles. The predicted octanol–water partition coefficient (Wildman–Crippen LogP) is 8.36. The van der Waals surface area contributed by atoms with Crippen molar-refractivity contribution in [3.05, 3.63) is 0 Å². The van der Waals surface area contributed by atoms with Crippen molar-refractivity contribution in [3.63, 3.8) is 0 Å². The van der Waals surface area contributed by atoms with Crippen molar-refractivity contribution >= 4 is 23.7 Å². The summed E-state index contributed by atoms with van der Waals surface area (Å²) in [5.41, 5.74) is 0. The molecule has 0 spiro atoms. The molecule has 34 heavy (non-hydrogen) atoms. The van der Waals surface area contributed by atoms with Crippen LogP contribution in [0, 0.1) is 17.8 Å². The zero-order chi connectivity index (χ0) is 25.0. The van der Waals surface area contributed by atoms with E-state index in [2.05, 4.69) is 32.5 Å². The van der Waals surface area contributed by atoms with E-state index in [0.717, 1.165) is 56.1 Å². The number of carbonyl (C=O) groups is 2. The lowest BCUT2D eigenvalue weighted by Crippen LogP contribution is -2.32. The van der Waals surface area contributed by atoms with E-state index in [0.29, 0.717) is 18.5 Å². The van der Waals surface area contributed by atoms with Crippen molar-refractivity contribution in [1.82, 2.24) is 0 Å². The highest BCUT2D eigenvalue weighted by molar-refractivity contribution is 7.99. The molecular formula is C29H54O4S. The summed E-state index contributed by atoms with van der Waals surface area (Å²) in [5.74, 6) is 2.73. The summed E-state index contributed by atoms with van der Waals surface area (Å²) in [6.07, 6.45) is 19.1. The Morgan fingerprint density at radius 2 is 1.38 bits per heavy atom. The van der Waals surface area contributed by atoms with Crippen molar-refractivity contribution in [2.24, 2.45) is 17.8 Å². The lowest BCUT2D eigenvalue weighted by atomic mass is 9.79. The number of unbranched alkanes of at least 4 members (excludes halogenated alkanes) is 9. The first kappa shape index (κ1) is 31.3. The van der Waals surface area contributed by atoms with Crippen LogP contribution in [0.2, 0.25) is 0 Å². The molecule has 0 aromatic carbocycles. The first-order valence-corrected chi connectivity index (χ1v) is 15.4. The summed E-state index contributed by atoms with van der Waals surface area (Å²) in [7, 11) is 0. The minimum absolute atomic E-state index is 0.0658. The van der Waals surface area contributed by atoms with Gasteiger partial charge >= 0.3 is 11.9 Å². The first-order chi connectivity index (χ1) is 16.4. The second-order valence-corrected chi connectivity index (χ2v) is 12.1. The van der Waals surface area contributed by atoms with Crippen LogP contribution in [0.5, 0.6) is 0 Å². The van der Waals surface area contributed by atoms with Crippen molar-refractivity contribution in [3.8, 4) is 0 Å². The van der Waals surface area contributed by atoms with Gasteiger partial charge in [0.2, 0.25) is 0 Å². The third-order valence-electron chi connectivity index (χ3n) is 7.09. The number of rotatable bonds is 20. The summed E-state index contributed by atoms with van der Waals surface area (Å²) < 4.78 is 10.6. The standard InChI is InChI=1S/C29H54O4S/c1-5-34-28-23-27(20-19-26(28)18-16-17-24(2)3)29(31)33-22-15-13-11-9-7-6-8-10-12-14-21-32-25(4)30/h24,26-28H,5-23H2,1-4H3. The summed E-state index contributed by atoms with van der Waals surface area (Å²) >= 11 is 2.06. The zero-order valence-corrected chi connectivity index (χ0v) is 23.6. The third-order valence-corrected chi connectivity index (χ3v) is 8.43. The highest BCUT2D eigenvalue weighted by Crippen LogP contribution is 2.39. The molecule has 0 aliphatic heterocycles. The molecule has 1 saturated carbocycles. The van der Waals surface area contributed by atoms with Gasteiger partial charge in [-0.1, -0.05) is 85.0 Å². The van der Waals surface area contributed by atoms with E-state index < -0.39 is 0 Å². The first-order valence-electron chi connectivity index (χ1n) is 14.4. The molecule has 1 rings (SSSR count). The van der Waals surface area contributed by atoms with E-state index in [4.69, 9.17) is 9.47 Å². The minimum atomic E-state index is -0.176. The van der Waals surface area contributed by atoms with Crippen LogP contribution in [0.15, 0.2) is 0 Å². The van der Waals surface area contributed by atoms with Crippen molar-refractivity contribution in [1.29, 1.82) is 0 Å². The molecule has 0 bridgehead atoms. The lowest BCUT2D eigenvalue weighted by Gasteiger charge is -2.35. The van der Waals surface area contributed by atoms with Crippen LogP contribution in [0.1, 0.15) is 130 Å². The Balaban J connectivity index is 2.02. The number of thioether (sulfide) groups is 1. The van der Waals surface area contributed by atoms with Gasteiger partial charge in [-0.3, -0.25) is 9.59 Å². The molecular weight excluding hydrogens is 444 g/mol. The van der Waals surface area contributed by atoms with Crippen LogP contribution in [0.4, 0.5) is 0 Å². The van der Waals surface area contributed by atoms with Gasteiger partial charge in [0.25, 0.3) is 0 Å². The largest absolute Gasteiger partial charge is 0.466 e. The lowest BCUT2D eigenvalue weighted by molar-refractivity contribution is -0.150. The van der Waals surface area contributed by atoms with Crippen LogP contribution >= 0.6 is 11.8 Å². The molecule has 0 saturated heterocycles. The maximum absolute atomic E-state index is 12.6. The van der Waals surface area contributed by atoms with Gasteiger partial charge in [0.1, 0.15) is 0 Å². The maximum Gasteiger partial charge on any atom is 0.308 e. The van der Waals surface area contributed by atoms with Gasteiger partial charge in [-0.15, -0.1) is 0 Å². The molecule has 200 valence electrons. The molecule has 0 aromatic rings. The normalized spacial score (nSPS) is 20.4. The Kier molecular flexibility index (Phi) is 18.9. The maximum atomic E-state index is 12.6. The van der Waals surface area contributed by atoms with Crippen LogP contribution in [-0.2, 0) is 19.1 Å². The minimum Gasteiger partial charge on any atom is -0.466 e. The van der Waals surface area contributed by atoms with Gasteiger partial charge in [0, 0.05) is 12.2 Å². The fourth-order valence-electron chi connectivity index (χ4n) is 5.07. The van der Waals surface area contributed by atoms with Gasteiger partial charge in [0.15, 0.2) is 0 Å². The quantitative estimate of drug-likeness (QED) is 0.125. The number of hydrogen-bond donors (Lipinski definition) is 0. The van der Waals surface area contributed by atoms with Gasteiger partial charge in [0.05, 0.1) is 19.1 Å². The highest BCUT2D eigenvalue weighted by atomic mass is 32.2. The van der Waals surface area contributed by atoms with E-state index in [1.807, 2.05) is 0 Å². The molecule has 0 radical (unpaired) electrons. The summed E-state index contributed by atoms with van der Waals surface area (Å²) in [5, 5.41) is 0.636. The van der Waals surface area contributed by atoms with Crippen LogP contribution in [-0.4, -0.2) is 36.2 Å². The molecule has 0 amide bonds. The van der Waals surface area contributed by atoms with Crippen LogP contribution in [0.3, 0.4) is 0 Å². The average Bonchev–Trinajstić information content (AvgIpc) is 2.79. The van der Waals surface area contributed by atoms with Crippen LogP contribution < -0.4 is 0 Å². The van der Waals surface area contributed by atoms with Crippen LogP contribution in [0.25, 0.3) is 0 Å². The fourth-order valence-corrected chi connectivity index (χ4v) is 6.41. The summed E-state index contributed by atoms with van der Waals surface area (Å²) in [6.45, 7) is 9.49. The second kappa shape index (κ2) is 20.5. The molecule has 0 N–H and O–H groups in total. The third kappa shape index (κ3) is 16.1. The Labute approximate surface area is 215 Å². The number of esters is 2. The van der Waals surface area contributed by atoms with E-state index in [1.165, 1.54) is 71.1 Å². The van der Waals surface area contributed by atoms with Crippen molar-refractivity contribution in [2.45, 2.75) is 136 Å². The van der Waals surface area contributed by atoms with E-state index in [-0.39, 0.29) is 17.9 Å². The Morgan fingerprint density at radius 3 is 1.91 bits per heavy atom. The second-order valence-electron chi connectivity index (χ2n) is 10.6. The average molecular weight is 499 g/mol. The molecule has 0 aromatic heterocycles. The summed E-state index contributed by atoms with van der Waals surface area (Å²) in [6, 6.07) is 0. The molecule has 1 aliphatic rings. The smallest absolute Gasteiger partial charge is 0.308 e. The number of hydrogen-bond acceptors (Lipinski definition) is 5. The molecule has 3 atom stereocenters. The van der Waals surface area contributed by atoms with E-state index in [9.17, 15) is 9.59 Å².